The maximum atomic E-state index is 12.7. The lowest BCUT2D eigenvalue weighted by Crippen LogP contribution is -2.28. The minimum absolute atomic E-state index is 0.0000952. The summed E-state index contributed by atoms with van der Waals surface area (Å²) < 4.78 is 4.66. The maximum Gasteiger partial charge on any atom is 0.337 e. The number of carbonyl (C=O) groups is 4. The number of methoxy groups -OCH3 is 1. The first-order valence-corrected chi connectivity index (χ1v) is 10.1. The van der Waals surface area contributed by atoms with E-state index in [0.717, 1.165) is 23.4 Å². The number of hydrogen-bond acceptors (Lipinski definition) is 5. The first-order chi connectivity index (χ1) is 14.9. The molecule has 2 aliphatic rings. The summed E-state index contributed by atoms with van der Waals surface area (Å²) in [4.78, 5) is 51.9. The second-order valence-corrected chi connectivity index (χ2v) is 7.70. The SMILES string of the molecule is COC(=O)c1ccc(NC(=O)C2CC(=O)N(c3ccc4c(c3)CCN4C(C)=O)C2)cc1. The number of nitrogens with one attached hydrogen (secondary N) is 1. The average molecular weight is 421 g/mol. The molecule has 0 aliphatic carbocycles. The van der Waals surface area contributed by atoms with Crippen LogP contribution in [-0.4, -0.2) is 43.9 Å². The van der Waals surface area contributed by atoms with Gasteiger partial charge in [0.25, 0.3) is 0 Å². The monoisotopic (exact) mass is 421 g/mol. The molecule has 160 valence electrons. The van der Waals surface area contributed by atoms with E-state index in [1.54, 1.807) is 41.0 Å². The first-order valence-electron chi connectivity index (χ1n) is 10.1. The Morgan fingerprint density at radius 2 is 1.84 bits per heavy atom. The van der Waals surface area contributed by atoms with Gasteiger partial charge in [0.05, 0.1) is 18.6 Å². The molecule has 0 radical (unpaired) electrons. The van der Waals surface area contributed by atoms with Crippen molar-refractivity contribution in [1.82, 2.24) is 0 Å². The average Bonchev–Trinajstić information content (AvgIpc) is 3.36. The van der Waals surface area contributed by atoms with Gasteiger partial charge in [-0.3, -0.25) is 14.4 Å². The molecule has 2 aromatic rings. The zero-order chi connectivity index (χ0) is 22.1. The third-order valence-corrected chi connectivity index (χ3v) is 5.72. The third kappa shape index (κ3) is 4.01. The topological polar surface area (TPSA) is 96.0 Å². The van der Waals surface area contributed by atoms with Crippen molar-refractivity contribution in [3.63, 3.8) is 0 Å². The number of benzene rings is 2. The summed E-state index contributed by atoms with van der Waals surface area (Å²) in [6.07, 6.45) is 0.874. The standard InChI is InChI=1S/C23H23N3O5/c1-14(27)25-10-9-16-11-19(7-8-20(16)25)26-13-17(12-21(26)28)22(29)24-18-5-3-15(4-6-18)23(30)31-2/h3-8,11,17H,9-10,12-13H2,1-2H3,(H,24,29). The zero-order valence-electron chi connectivity index (χ0n) is 17.4. The lowest BCUT2D eigenvalue weighted by atomic mass is 10.1. The Kier molecular flexibility index (Phi) is 5.46. The molecule has 1 fully saturated rings. The quantitative estimate of drug-likeness (QED) is 0.765. The van der Waals surface area contributed by atoms with Crippen molar-refractivity contribution in [1.29, 1.82) is 0 Å². The largest absolute Gasteiger partial charge is 0.465 e. The molecule has 0 bridgehead atoms. The van der Waals surface area contributed by atoms with Crippen molar-refractivity contribution in [2.75, 3.05) is 35.3 Å². The Hall–Kier alpha value is -3.68. The number of rotatable bonds is 4. The van der Waals surface area contributed by atoms with Gasteiger partial charge < -0.3 is 19.9 Å². The Morgan fingerprint density at radius 1 is 1.10 bits per heavy atom. The molecule has 0 spiro atoms. The van der Waals surface area contributed by atoms with Gasteiger partial charge >= 0.3 is 5.97 Å². The molecular weight excluding hydrogens is 398 g/mol. The number of amides is 3. The first kappa shape index (κ1) is 20.6. The molecule has 0 aromatic heterocycles. The van der Waals surface area contributed by atoms with Gasteiger partial charge in [-0.1, -0.05) is 0 Å². The molecule has 31 heavy (non-hydrogen) atoms. The second kappa shape index (κ2) is 8.22. The van der Waals surface area contributed by atoms with Crippen LogP contribution in [0.3, 0.4) is 0 Å². The van der Waals surface area contributed by atoms with Crippen LogP contribution in [0.1, 0.15) is 29.3 Å². The molecule has 1 unspecified atom stereocenters. The smallest absolute Gasteiger partial charge is 0.337 e. The van der Waals surface area contributed by atoms with E-state index in [1.807, 2.05) is 18.2 Å². The van der Waals surface area contributed by atoms with E-state index in [4.69, 9.17) is 0 Å². The van der Waals surface area contributed by atoms with Gasteiger partial charge in [0.2, 0.25) is 17.7 Å². The van der Waals surface area contributed by atoms with Crippen molar-refractivity contribution in [2.45, 2.75) is 19.8 Å². The summed E-state index contributed by atoms with van der Waals surface area (Å²) in [5, 5.41) is 2.81. The Bertz CT molecular complexity index is 1060. The fraction of sp³-hybridized carbons (Fsp3) is 0.304. The van der Waals surface area contributed by atoms with Gasteiger partial charge in [0.1, 0.15) is 0 Å². The predicted molar refractivity (Wildman–Crippen MR) is 115 cm³/mol. The maximum absolute atomic E-state index is 12.7. The Balaban J connectivity index is 1.43. The van der Waals surface area contributed by atoms with Gasteiger partial charge in [0.15, 0.2) is 0 Å². The van der Waals surface area contributed by atoms with E-state index in [1.165, 1.54) is 7.11 Å². The normalized spacial score (nSPS) is 17.5. The molecule has 8 heteroatoms. The van der Waals surface area contributed by atoms with Gasteiger partial charge in [-0.25, -0.2) is 4.79 Å². The Labute approximate surface area is 179 Å². The third-order valence-electron chi connectivity index (χ3n) is 5.72. The number of ether oxygens (including phenoxy) is 1. The summed E-state index contributed by atoms with van der Waals surface area (Å²) in [5.74, 6) is -1.28. The minimum atomic E-state index is -0.477. The van der Waals surface area contributed by atoms with Crippen molar-refractivity contribution in [2.24, 2.45) is 5.92 Å². The number of anilines is 3. The van der Waals surface area contributed by atoms with Gasteiger partial charge in [-0.15, -0.1) is 0 Å². The van der Waals surface area contributed by atoms with E-state index in [9.17, 15) is 19.2 Å². The molecule has 3 amide bonds. The summed E-state index contributed by atoms with van der Waals surface area (Å²) in [7, 11) is 1.31. The molecule has 2 heterocycles. The highest BCUT2D eigenvalue weighted by Crippen LogP contribution is 2.34. The van der Waals surface area contributed by atoms with Gasteiger partial charge in [0, 0.05) is 43.5 Å². The van der Waals surface area contributed by atoms with E-state index in [2.05, 4.69) is 10.1 Å². The van der Waals surface area contributed by atoms with Crippen molar-refractivity contribution < 1.29 is 23.9 Å². The lowest BCUT2D eigenvalue weighted by Gasteiger charge is -2.19. The number of carbonyl (C=O) groups excluding carboxylic acids is 4. The van der Waals surface area contributed by atoms with Gasteiger partial charge in [-0.2, -0.15) is 0 Å². The fourth-order valence-electron chi connectivity index (χ4n) is 4.07. The predicted octanol–water partition coefficient (Wildman–Crippen LogP) is 2.37. The van der Waals surface area contributed by atoms with E-state index in [0.29, 0.717) is 24.3 Å². The number of hydrogen-bond donors (Lipinski definition) is 1. The van der Waals surface area contributed by atoms with Crippen LogP contribution in [0.15, 0.2) is 42.5 Å². The van der Waals surface area contributed by atoms with E-state index >= 15 is 0 Å². The van der Waals surface area contributed by atoms with Crippen LogP contribution in [0.4, 0.5) is 17.1 Å². The highest BCUT2D eigenvalue weighted by molar-refractivity contribution is 6.04. The number of fused-ring (bicyclic) bond motifs is 1. The van der Waals surface area contributed by atoms with Crippen LogP contribution in [0.5, 0.6) is 0 Å². The molecular formula is C23H23N3O5. The van der Waals surface area contributed by atoms with Crippen molar-refractivity contribution in [3.8, 4) is 0 Å². The van der Waals surface area contributed by atoms with Crippen LogP contribution in [-0.2, 0) is 25.5 Å². The van der Waals surface area contributed by atoms with Crippen LogP contribution in [0.2, 0.25) is 0 Å². The summed E-state index contributed by atoms with van der Waals surface area (Å²) in [5.41, 5.74) is 3.59. The summed E-state index contributed by atoms with van der Waals surface area (Å²) >= 11 is 0. The van der Waals surface area contributed by atoms with E-state index < -0.39 is 11.9 Å². The molecule has 2 aromatic carbocycles. The van der Waals surface area contributed by atoms with Crippen LogP contribution in [0, 0.1) is 5.92 Å². The zero-order valence-corrected chi connectivity index (χ0v) is 17.4. The second-order valence-electron chi connectivity index (χ2n) is 7.70. The molecule has 1 atom stereocenters. The van der Waals surface area contributed by atoms with Crippen LogP contribution >= 0.6 is 0 Å². The highest BCUT2D eigenvalue weighted by atomic mass is 16.5. The Morgan fingerprint density at radius 3 is 2.52 bits per heavy atom. The highest BCUT2D eigenvalue weighted by Gasteiger charge is 2.36. The molecule has 1 N–H and O–H groups in total. The fourth-order valence-corrected chi connectivity index (χ4v) is 4.07. The van der Waals surface area contributed by atoms with Crippen LogP contribution < -0.4 is 15.1 Å². The number of esters is 1. The number of nitrogens with zero attached hydrogens (tertiary/aromatic N) is 2. The van der Waals surface area contributed by atoms with Gasteiger partial charge in [-0.05, 0) is 54.4 Å². The molecule has 4 rings (SSSR count). The lowest BCUT2D eigenvalue weighted by molar-refractivity contribution is -0.122. The van der Waals surface area contributed by atoms with Crippen molar-refractivity contribution in [3.05, 3.63) is 53.6 Å². The summed E-state index contributed by atoms with van der Waals surface area (Å²) in [6, 6.07) is 12.0. The molecule has 0 saturated carbocycles. The van der Waals surface area contributed by atoms with Crippen molar-refractivity contribution >= 4 is 40.8 Å². The minimum Gasteiger partial charge on any atom is -0.465 e. The summed E-state index contributed by atoms with van der Waals surface area (Å²) in [6.45, 7) is 2.47. The molecule has 1 saturated heterocycles. The molecule has 2 aliphatic heterocycles. The molecule has 8 nitrogen and oxygen atoms in total. The van der Waals surface area contributed by atoms with Crippen LogP contribution in [0.25, 0.3) is 0 Å². The van der Waals surface area contributed by atoms with E-state index in [-0.39, 0.29) is 24.1 Å².